The number of rotatable bonds is 5. The van der Waals surface area contributed by atoms with E-state index in [-0.39, 0.29) is 10.9 Å². The molecule has 0 aliphatic rings. The maximum atomic E-state index is 12.3. The van der Waals surface area contributed by atoms with E-state index in [0.29, 0.717) is 4.47 Å². The van der Waals surface area contributed by atoms with Crippen LogP contribution in [0.5, 0.6) is 0 Å². The van der Waals surface area contributed by atoms with Crippen LogP contribution in [0.2, 0.25) is 0 Å². The predicted molar refractivity (Wildman–Crippen MR) is 84.4 cm³/mol. The molecule has 0 fully saturated rings. The fourth-order valence-corrected chi connectivity index (χ4v) is 4.84. The van der Waals surface area contributed by atoms with Gasteiger partial charge >= 0.3 is 0 Å². The highest BCUT2D eigenvalue weighted by Crippen LogP contribution is 2.25. The van der Waals surface area contributed by atoms with Crippen molar-refractivity contribution in [3.8, 4) is 0 Å². The zero-order valence-electron chi connectivity index (χ0n) is 11.1. The zero-order valence-corrected chi connectivity index (χ0v) is 14.3. The van der Waals surface area contributed by atoms with Crippen molar-refractivity contribution >= 4 is 37.3 Å². The quantitative estimate of drug-likeness (QED) is 0.870. The predicted octanol–water partition coefficient (Wildman–Crippen LogP) is 3.51. The largest absolute Gasteiger partial charge is 0.248 e. The summed E-state index contributed by atoms with van der Waals surface area (Å²) in [7, 11) is -3.57. The van der Waals surface area contributed by atoms with Crippen molar-refractivity contribution < 1.29 is 8.42 Å². The average Bonchev–Trinajstić information content (AvgIpc) is 2.87. The van der Waals surface area contributed by atoms with Crippen LogP contribution in [0, 0.1) is 0 Å². The van der Waals surface area contributed by atoms with Crippen LogP contribution in [-0.4, -0.2) is 13.4 Å². The molecule has 0 saturated carbocycles. The highest BCUT2D eigenvalue weighted by molar-refractivity contribution is 9.10. The first-order valence-electron chi connectivity index (χ1n) is 6.15. The van der Waals surface area contributed by atoms with Crippen LogP contribution in [0.25, 0.3) is 0 Å². The molecule has 1 heterocycles. The molecule has 0 radical (unpaired) electrons. The molecule has 7 heteroatoms. The Kier molecular flexibility index (Phi) is 4.95. The summed E-state index contributed by atoms with van der Waals surface area (Å²) in [6, 6.07) is 6.40. The van der Waals surface area contributed by atoms with Crippen LogP contribution < -0.4 is 4.72 Å². The number of nitrogens with zero attached hydrogens (tertiary/aromatic N) is 1. The van der Waals surface area contributed by atoms with Gasteiger partial charge in [-0.25, -0.2) is 18.1 Å². The third-order valence-corrected chi connectivity index (χ3v) is 6.63. The maximum absolute atomic E-state index is 12.3. The summed E-state index contributed by atoms with van der Waals surface area (Å²) in [6.07, 6.45) is 2.70. The number of aryl methyl sites for hydroxylation is 1. The first-order chi connectivity index (χ1) is 9.44. The minimum atomic E-state index is -3.57. The molecule has 1 aromatic heterocycles. The molecule has 1 N–H and O–H groups in total. The van der Waals surface area contributed by atoms with Gasteiger partial charge in [0.1, 0.15) is 5.01 Å². The minimum Gasteiger partial charge on any atom is -0.248 e. The lowest BCUT2D eigenvalue weighted by Gasteiger charge is -2.12. The summed E-state index contributed by atoms with van der Waals surface area (Å²) < 4.78 is 27.9. The van der Waals surface area contributed by atoms with Gasteiger partial charge in [0.05, 0.1) is 10.9 Å². The number of hydrogen-bond donors (Lipinski definition) is 1. The second-order valence-electron chi connectivity index (χ2n) is 4.29. The smallest absolute Gasteiger partial charge is 0.242 e. The van der Waals surface area contributed by atoms with Gasteiger partial charge in [0.2, 0.25) is 10.0 Å². The van der Waals surface area contributed by atoms with Crippen LogP contribution in [-0.2, 0) is 16.4 Å². The number of hydrogen-bond acceptors (Lipinski definition) is 4. The van der Waals surface area contributed by atoms with Gasteiger partial charge in [-0.3, -0.25) is 0 Å². The van der Waals surface area contributed by atoms with Crippen molar-refractivity contribution in [3.05, 3.63) is 44.8 Å². The van der Waals surface area contributed by atoms with Gasteiger partial charge in [0.25, 0.3) is 0 Å². The van der Waals surface area contributed by atoms with Crippen molar-refractivity contribution in [3.63, 3.8) is 0 Å². The summed E-state index contributed by atoms with van der Waals surface area (Å²) in [5.41, 5.74) is 0. The van der Waals surface area contributed by atoms with E-state index in [0.717, 1.165) is 16.3 Å². The second-order valence-corrected chi connectivity index (χ2v) is 7.98. The van der Waals surface area contributed by atoms with Gasteiger partial charge in [-0.05, 0) is 41.4 Å². The van der Waals surface area contributed by atoms with Crippen molar-refractivity contribution in [1.29, 1.82) is 0 Å². The van der Waals surface area contributed by atoms with E-state index in [2.05, 4.69) is 25.6 Å². The molecule has 4 nitrogen and oxygen atoms in total. The third kappa shape index (κ3) is 3.46. The molecular formula is C13H15BrN2O2S2. The lowest BCUT2D eigenvalue weighted by Crippen LogP contribution is -2.27. The number of halogens is 1. The molecule has 20 heavy (non-hydrogen) atoms. The van der Waals surface area contributed by atoms with E-state index in [1.807, 2.05) is 6.92 Å². The Balaban J connectivity index is 2.22. The Morgan fingerprint density at radius 1 is 1.40 bits per heavy atom. The molecule has 1 aromatic carbocycles. The zero-order chi connectivity index (χ0) is 14.8. The van der Waals surface area contributed by atoms with E-state index in [9.17, 15) is 8.42 Å². The molecule has 0 bridgehead atoms. The molecule has 2 rings (SSSR count). The molecule has 1 atom stereocenters. The highest BCUT2D eigenvalue weighted by Gasteiger charge is 2.22. The van der Waals surface area contributed by atoms with E-state index in [1.54, 1.807) is 37.4 Å². The molecule has 0 saturated heterocycles. The lowest BCUT2D eigenvalue weighted by atomic mass is 10.4. The van der Waals surface area contributed by atoms with Crippen molar-refractivity contribution in [2.24, 2.45) is 0 Å². The number of benzene rings is 1. The van der Waals surface area contributed by atoms with Crippen LogP contribution in [0.15, 0.2) is 39.8 Å². The number of sulfonamides is 1. The van der Waals surface area contributed by atoms with Gasteiger partial charge in [-0.15, -0.1) is 11.3 Å². The standard InChI is InChI=1S/C13H15BrN2O2S2/c1-3-10-8-15-13(19-10)9(2)16-20(17,18)12-7-5-4-6-11(12)14/h4-9,16H,3H2,1-2H3. The minimum absolute atomic E-state index is 0.235. The molecule has 0 aliphatic carbocycles. The average molecular weight is 375 g/mol. The molecule has 1 unspecified atom stereocenters. The summed E-state index contributed by atoms with van der Waals surface area (Å²) in [6.45, 7) is 3.85. The summed E-state index contributed by atoms with van der Waals surface area (Å²) in [5, 5.41) is 0.775. The summed E-state index contributed by atoms with van der Waals surface area (Å²) >= 11 is 4.79. The molecule has 0 spiro atoms. The van der Waals surface area contributed by atoms with Crippen LogP contribution in [0.3, 0.4) is 0 Å². The van der Waals surface area contributed by atoms with Gasteiger partial charge < -0.3 is 0 Å². The van der Waals surface area contributed by atoms with Crippen LogP contribution >= 0.6 is 27.3 Å². The fraction of sp³-hybridized carbons (Fsp3) is 0.308. The van der Waals surface area contributed by atoms with Gasteiger partial charge in [0.15, 0.2) is 0 Å². The van der Waals surface area contributed by atoms with Gasteiger partial charge in [-0.1, -0.05) is 19.1 Å². The van der Waals surface area contributed by atoms with Crippen LogP contribution in [0.1, 0.15) is 29.8 Å². The number of aromatic nitrogens is 1. The van der Waals surface area contributed by atoms with E-state index >= 15 is 0 Å². The summed E-state index contributed by atoms with van der Waals surface area (Å²) in [5.74, 6) is 0. The molecule has 108 valence electrons. The Hall–Kier alpha value is -0.760. The van der Waals surface area contributed by atoms with Gasteiger partial charge in [0, 0.05) is 15.5 Å². The number of thiazole rings is 1. The molecular weight excluding hydrogens is 360 g/mol. The van der Waals surface area contributed by atoms with E-state index in [1.165, 1.54) is 11.3 Å². The third-order valence-electron chi connectivity index (χ3n) is 2.75. The van der Waals surface area contributed by atoms with E-state index < -0.39 is 10.0 Å². The Labute approximate surface area is 131 Å². The van der Waals surface area contributed by atoms with Crippen molar-refractivity contribution in [2.45, 2.75) is 31.2 Å². The molecule has 2 aromatic rings. The van der Waals surface area contributed by atoms with E-state index in [4.69, 9.17) is 0 Å². The Morgan fingerprint density at radius 3 is 2.70 bits per heavy atom. The first kappa shape index (κ1) is 15.6. The Bertz CT molecular complexity index is 698. The summed E-state index contributed by atoms with van der Waals surface area (Å²) in [4.78, 5) is 5.65. The first-order valence-corrected chi connectivity index (χ1v) is 9.24. The fourth-order valence-electron chi connectivity index (χ4n) is 1.70. The molecule has 0 amide bonds. The van der Waals surface area contributed by atoms with Gasteiger partial charge in [-0.2, -0.15) is 0 Å². The molecule has 0 aliphatic heterocycles. The van der Waals surface area contributed by atoms with Crippen molar-refractivity contribution in [2.75, 3.05) is 0 Å². The monoisotopic (exact) mass is 374 g/mol. The van der Waals surface area contributed by atoms with Crippen LogP contribution in [0.4, 0.5) is 0 Å². The normalized spacial score (nSPS) is 13.3. The topological polar surface area (TPSA) is 59.1 Å². The number of nitrogens with one attached hydrogen (secondary N) is 1. The lowest BCUT2D eigenvalue weighted by molar-refractivity contribution is 0.566. The Morgan fingerprint density at radius 2 is 2.10 bits per heavy atom. The van der Waals surface area contributed by atoms with Crippen molar-refractivity contribution in [1.82, 2.24) is 9.71 Å². The maximum Gasteiger partial charge on any atom is 0.242 e. The highest BCUT2D eigenvalue weighted by atomic mass is 79.9. The second kappa shape index (κ2) is 6.34. The SMILES string of the molecule is CCc1cnc(C(C)NS(=O)(=O)c2ccccc2Br)s1.